The second kappa shape index (κ2) is 6.07. The van der Waals surface area contributed by atoms with Gasteiger partial charge in [0.15, 0.2) is 0 Å². The van der Waals surface area contributed by atoms with Crippen LogP contribution in [0.2, 0.25) is 0 Å². The highest BCUT2D eigenvalue weighted by atomic mass is 19.4. The average molecular weight is 292 g/mol. The molecule has 2 N–H and O–H groups in total. The first-order valence-corrected chi connectivity index (χ1v) is 6.30. The Bertz CT molecular complexity index is 464. The van der Waals surface area contributed by atoms with Crippen molar-refractivity contribution >= 4 is 0 Å². The van der Waals surface area contributed by atoms with E-state index in [4.69, 9.17) is 10.5 Å². The second-order valence-corrected chi connectivity index (χ2v) is 4.78. The lowest BCUT2D eigenvalue weighted by atomic mass is 10.1. The van der Waals surface area contributed by atoms with Gasteiger partial charge in [-0.25, -0.2) is 4.39 Å². The molecule has 0 saturated carbocycles. The summed E-state index contributed by atoms with van der Waals surface area (Å²) in [6.07, 6.45) is -4.74. The van der Waals surface area contributed by atoms with E-state index in [0.29, 0.717) is 38.3 Å². The van der Waals surface area contributed by atoms with Gasteiger partial charge in [-0.05, 0) is 17.7 Å². The smallest absolute Gasteiger partial charge is 0.374 e. The fourth-order valence-corrected chi connectivity index (χ4v) is 2.21. The third-order valence-corrected chi connectivity index (χ3v) is 3.23. The Labute approximate surface area is 114 Å². The summed E-state index contributed by atoms with van der Waals surface area (Å²) in [5.74, 6) is -1.24. The van der Waals surface area contributed by atoms with Gasteiger partial charge in [0.1, 0.15) is 5.82 Å². The van der Waals surface area contributed by atoms with Crippen LogP contribution in [0.4, 0.5) is 17.6 Å². The van der Waals surface area contributed by atoms with Gasteiger partial charge in [-0.15, -0.1) is 0 Å². The average Bonchev–Trinajstić information content (AvgIpc) is 2.37. The van der Waals surface area contributed by atoms with Crippen molar-refractivity contribution in [2.45, 2.75) is 18.8 Å². The van der Waals surface area contributed by atoms with Gasteiger partial charge in [0.2, 0.25) is 0 Å². The van der Waals surface area contributed by atoms with E-state index in [-0.39, 0.29) is 6.10 Å². The van der Waals surface area contributed by atoms with E-state index in [1.54, 1.807) is 0 Å². The molecule has 1 aliphatic rings. The summed E-state index contributed by atoms with van der Waals surface area (Å²) in [6, 6.07) is 3.03. The van der Waals surface area contributed by atoms with E-state index in [0.717, 1.165) is 12.1 Å². The summed E-state index contributed by atoms with van der Waals surface area (Å²) in [5, 5.41) is 0. The lowest BCUT2D eigenvalue weighted by Gasteiger charge is -2.32. The molecule has 1 atom stereocenters. The van der Waals surface area contributed by atoms with Crippen LogP contribution in [0.3, 0.4) is 0 Å². The first-order chi connectivity index (χ1) is 9.40. The van der Waals surface area contributed by atoms with Crippen molar-refractivity contribution in [1.82, 2.24) is 4.90 Å². The minimum absolute atomic E-state index is 0.0805. The van der Waals surface area contributed by atoms with Gasteiger partial charge >= 0.3 is 6.18 Å². The summed E-state index contributed by atoms with van der Waals surface area (Å²) in [7, 11) is 0. The molecule has 1 aromatic rings. The van der Waals surface area contributed by atoms with Gasteiger partial charge in [-0.3, -0.25) is 4.90 Å². The zero-order chi connectivity index (χ0) is 14.8. The van der Waals surface area contributed by atoms with Gasteiger partial charge < -0.3 is 10.5 Å². The Balaban J connectivity index is 2.05. The first kappa shape index (κ1) is 15.2. The van der Waals surface area contributed by atoms with Crippen LogP contribution in [0.25, 0.3) is 0 Å². The van der Waals surface area contributed by atoms with Crippen LogP contribution in [0, 0.1) is 5.82 Å². The molecule has 0 aromatic heterocycles. The third-order valence-electron chi connectivity index (χ3n) is 3.23. The number of alkyl halides is 3. The second-order valence-electron chi connectivity index (χ2n) is 4.78. The number of nitrogens with two attached hydrogens (primary N) is 1. The first-order valence-electron chi connectivity index (χ1n) is 6.30. The molecule has 0 bridgehead atoms. The van der Waals surface area contributed by atoms with Gasteiger partial charge in [0.05, 0.1) is 18.3 Å². The number of morpholine rings is 1. The topological polar surface area (TPSA) is 38.5 Å². The fourth-order valence-electron chi connectivity index (χ4n) is 2.21. The summed E-state index contributed by atoms with van der Waals surface area (Å²) in [4.78, 5) is 1.99. The molecule has 1 heterocycles. The molecule has 3 nitrogen and oxygen atoms in total. The standard InChI is InChI=1S/C13H16F4N2O/c14-12-5-9(1-2-11(12)13(15,16)17)7-19-3-4-20-10(6-18)8-19/h1-2,5,10H,3-4,6-8,18H2/t10-/m1/s1. The summed E-state index contributed by atoms with van der Waals surface area (Å²) in [6.45, 7) is 2.54. The summed E-state index contributed by atoms with van der Waals surface area (Å²) < 4.78 is 56.2. The molecule has 1 aliphatic heterocycles. The van der Waals surface area contributed by atoms with Crippen LogP contribution < -0.4 is 5.73 Å². The van der Waals surface area contributed by atoms with Crippen molar-refractivity contribution in [2.24, 2.45) is 5.73 Å². The SMILES string of the molecule is NC[C@@H]1CN(Cc2ccc(C(F)(F)F)c(F)c2)CCO1. The molecular weight excluding hydrogens is 276 g/mol. The predicted molar refractivity (Wildman–Crippen MR) is 65.5 cm³/mol. The van der Waals surface area contributed by atoms with Crippen molar-refractivity contribution in [3.05, 3.63) is 35.1 Å². The highest BCUT2D eigenvalue weighted by molar-refractivity contribution is 5.26. The van der Waals surface area contributed by atoms with Gasteiger partial charge in [0.25, 0.3) is 0 Å². The van der Waals surface area contributed by atoms with Gasteiger partial charge in [-0.2, -0.15) is 13.2 Å². The summed E-state index contributed by atoms with van der Waals surface area (Å²) in [5.41, 5.74) is 4.79. The molecule has 112 valence electrons. The van der Waals surface area contributed by atoms with E-state index in [2.05, 4.69) is 0 Å². The number of rotatable bonds is 3. The van der Waals surface area contributed by atoms with E-state index < -0.39 is 17.6 Å². The quantitative estimate of drug-likeness (QED) is 0.866. The Kier molecular flexibility index (Phi) is 4.62. The normalized spacial score (nSPS) is 21.1. The number of ether oxygens (including phenoxy) is 1. The molecule has 0 amide bonds. The van der Waals surface area contributed by atoms with E-state index in [1.165, 1.54) is 6.07 Å². The van der Waals surface area contributed by atoms with E-state index in [9.17, 15) is 17.6 Å². The zero-order valence-electron chi connectivity index (χ0n) is 10.8. The van der Waals surface area contributed by atoms with Crippen molar-refractivity contribution < 1.29 is 22.3 Å². The highest BCUT2D eigenvalue weighted by Crippen LogP contribution is 2.31. The van der Waals surface area contributed by atoms with Crippen LogP contribution in [0.1, 0.15) is 11.1 Å². The molecule has 1 aromatic carbocycles. The monoisotopic (exact) mass is 292 g/mol. The maximum absolute atomic E-state index is 13.5. The Hall–Kier alpha value is -1.18. The van der Waals surface area contributed by atoms with Crippen molar-refractivity contribution in [3.63, 3.8) is 0 Å². The minimum Gasteiger partial charge on any atom is -0.374 e. The van der Waals surface area contributed by atoms with Crippen LogP contribution in [-0.2, 0) is 17.5 Å². The zero-order valence-corrected chi connectivity index (χ0v) is 10.8. The molecule has 0 unspecified atom stereocenters. The molecule has 2 rings (SSSR count). The van der Waals surface area contributed by atoms with E-state index in [1.807, 2.05) is 4.90 Å². The Morgan fingerprint density at radius 3 is 2.70 bits per heavy atom. The molecule has 7 heteroatoms. The Morgan fingerprint density at radius 1 is 1.35 bits per heavy atom. The maximum atomic E-state index is 13.5. The lowest BCUT2D eigenvalue weighted by molar-refractivity contribution is -0.140. The molecule has 1 saturated heterocycles. The van der Waals surface area contributed by atoms with Gasteiger partial charge in [0, 0.05) is 26.2 Å². The minimum atomic E-state index is -4.66. The molecular formula is C13H16F4N2O. The van der Waals surface area contributed by atoms with Crippen LogP contribution >= 0.6 is 0 Å². The van der Waals surface area contributed by atoms with Crippen molar-refractivity contribution in [3.8, 4) is 0 Å². The maximum Gasteiger partial charge on any atom is 0.419 e. The number of nitrogens with zero attached hydrogens (tertiary/aromatic N) is 1. The highest BCUT2D eigenvalue weighted by Gasteiger charge is 2.34. The largest absolute Gasteiger partial charge is 0.419 e. The number of hydrogen-bond donors (Lipinski definition) is 1. The van der Waals surface area contributed by atoms with Crippen LogP contribution in [-0.4, -0.2) is 37.2 Å². The van der Waals surface area contributed by atoms with E-state index >= 15 is 0 Å². The number of halogens is 4. The predicted octanol–water partition coefficient (Wildman–Crippen LogP) is 2.00. The molecule has 0 radical (unpaired) electrons. The Morgan fingerprint density at radius 2 is 2.10 bits per heavy atom. The van der Waals surface area contributed by atoms with Gasteiger partial charge in [-0.1, -0.05) is 6.07 Å². The van der Waals surface area contributed by atoms with Crippen molar-refractivity contribution in [1.29, 1.82) is 0 Å². The molecule has 0 aliphatic carbocycles. The van der Waals surface area contributed by atoms with Crippen molar-refractivity contribution in [2.75, 3.05) is 26.2 Å². The third kappa shape index (κ3) is 3.68. The molecule has 1 fully saturated rings. The van der Waals surface area contributed by atoms with Crippen LogP contribution in [0.5, 0.6) is 0 Å². The van der Waals surface area contributed by atoms with Crippen LogP contribution in [0.15, 0.2) is 18.2 Å². The molecule has 20 heavy (non-hydrogen) atoms. The fraction of sp³-hybridized carbons (Fsp3) is 0.538. The lowest BCUT2D eigenvalue weighted by Crippen LogP contribution is -2.45. The number of benzene rings is 1. The number of hydrogen-bond acceptors (Lipinski definition) is 3. The molecule has 0 spiro atoms. The summed E-state index contributed by atoms with van der Waals surface area (Å²) >= 11 is 0.